The lowest BCUT2D eigenvalue weighted by Gasteiger charge is -2.22. The highest BCUT2D eigenvalue weighted by atomic mass is 16.5. The van der Waals surface area contributed by atoms with Crippen LogP contribution in [-0.4, -0.2) is 35.5 Å². The van der Waals surface area contributed by atoms with Crippen molar-refractivity contribution in [2.45, 2.75) is 45.4 Å². The number of alkyl carbamates (subject to hydrolysis) is 1. The maximum absolute atomic E-state index is 12.7. The van der Waals surface area contributed by atoms with E-state index >= 15 is 0 Å². The van der Waals surface area contributed by atoms with Crippen molar-refractivity contribution in [2.75, 3.05) is 0 Å². The van der Waals surface area contributed by atoms with Crippen LogP contribution in [0.25, 0.3) is 0 Å². The Labute approximate surface area is 176 Å². The number of aromatic hydroxyl groups is 1. The summed E-state index contributed by atoms with van der Waals surface area (Å²) in [7, 11) is 0. The van der Waals surface area contributed by atoms with Crippen LogP contribution in [0.4, 0.5) is 4.79 Å². The second-order valence-electron chi connectivity index (χ2n) is 7.51. The van der Waals surface area contributed by atoms with Gasteiger partial charge in [-0.2, -0.15) is 0 Å². The highest BCUT2D eigenvalue weighted by molar-refractivity contribution is 5.87. The number of benzene rings is 2. The number of carbonyl (C=O) groups excluding carboxylic acids is 3. The SMILES string of the molecule is CC(C)CC(NC(=O)OCc1ccccc1)C(=O)NC(C=O)Cc1ccc(O)cc1. The maximum Gasteiger partial charge on any atom is 0.408 e. The van der Waals surface area contributed by atoms with Crippen molar-refractivity contribution in [2.24, 2.45) is 5.92 Å². The summed E-state index contributed by atoms with van der Waals surface area (Å²) < 4.78 is 5.21. The van der Waals surface area contributed by atoms with Gasteiger partial charge >= 0.3 is 6.09 Å². The van der Waals surface area contributed by atoms with E-state index in [4.69, 9.17) is 4.74 Å². The van der Waals surface area contributed by atoms with E-state index in [1.165, 1.54) is 12.1 Å². The molecule has 0 aliphatic carbocycles. The smallest absolute Gasteiger partial charge is 0.408 e. The molecule has 2 aromatic carbocycles. The van der Waals surface area contributed by atoms with Crippen LogP contribution in [0.5, 0.6) is 5.75 Å². The van der Waals surface area contributed by atoms with E-state index in [2.05, 4.69) is 10.6 Å². The van der Waals surface area contributed by atoms with E-state index in [-0.39, 0.29) is 24.7 Å². The molecule has 0 aliphatic heterocycles. The molecule has 2 atom stereocenters. The Morgan fingerprint density at radius 3 is 2.27 bits per heavy atom. The third kappa shape index (κ3) is 7.95. The number of phenolic OH excluding ortho intramolecular Hbond substituents is 1. The minimum atomic E-state index is -0.824. The molecule has 3 N–H and O–H groups in total. The number of hydrogen-bond acceptors (Lipinski definition) is 5. The largest absolute Gasteiger partial charge is 0.508 e. The molecule has 0 fully saturated rings. The van der Waals surface area contributed by atoms with E-state index in [1.807, 2.05) is 44.2 Å². The van der Waals surface area contributed by atoms with Gasteiger partial charge in [0.25, 0.3) is 0 Å². The Morgan fingerprint density at radius 2 is 1.67 bits per heavy atom. The number of phenols is 1. The van der Waals surface area contributed by atoms with Gasteiger partial charge in [0.05, 0.1) is 6.04 Å². The van der Waals surface area contributed by atoms with Gasteiger partial charge in [-0.25, -0.2) is 4.79 Å². The Bertz CT molecular complexity index is 821. The number of ether oxygens (including phenoxy) is 1. The van der Waals surface area contributed by atoms with Gasteiger partial charge in [-0.05, 0) is 42.0 Å². The first kappa shape index (κ1) is 22.9. The van der Waals surface area contributed by atoms with E-state index in [0.29, 0.717) is 12.7 Å². The van der Waals surface area contributed by atoms with Crippen molar-refractivity contribution < 1.29 is 24.2 Å². The molecule has 2 amide bonds. The Hall–Kier alpha value is -3.35. The zero-order chi connectivity index (χ0) is 21.9. The van der Waals surface area contributed by atoms with Crippen molar-refractivity contribution in [1.29, 1.82) is 0 Å². The third-order valence-corrected chi connectivity index (χ3v) is 4.41. The van der Waals surface area contributed by atoms with Crippen LogP contribution in [0.15, 0.2) is 54.6 Å². The summed E-state index contributed by atoms with van der Waals surface area (Å²) in [5, 5.41) is 14.6. The lowest BCUT2D eigenvalue weighted by Crippen LogP contribution is -2.51. The summed E-state index contributed by atoms with van der Waals surface area (Å²) in [5.74, 6) is -0.182. The molecule has 2 rings (SSSR count). The van der Waals surface area contributed by atoms with Crippen LogP contribution in [-0.2, 0) is 27.4 Å². The lowest BCUT2D eigenvalue weighted by atomic mass is 10.0. The van der Waals surface area contributed by atoms with Crippen molar-refractivity contribution in [3.05, 3.63) is 65.7 Å². The minimum absolute atomic E-state index is 0.0977. The monoisotopic (exact) mass is 412 g/mol. The van der Waals surface area contributed by atoms with Crippen LogP contribution < -0.4 is 10.6 Å². The highest BCUT2D eigenvalue weighted by Crippen LogP contribution is 2.12. The number of hydrogen-bond donors (Lipinski definition) is 3. The molecular formula is C23H28N2O5. The summed E-state index contributed by atoms with van der Waals surface area (Å²) in [6, 6.07) is 14.1. The third-order valence-electron chi connectivity index (χ3n) is 4.41. The number of nitrogens with one attached hydrogen (secondary N) is 2. The number of rotatable bonds is 10. The predicted octanol–water partition coefficient (Wildman–Crippen LogP) is 2.96. The summed E-state index contributed by atoms with van der Waals surface area (Å²) in [6.07, 6.45) is 0.644. The fourth-order valence-electron chi connectivity index (χ4n) is 2.91. The van der Waals surface area contributed by atoms with Crippen LogP contribution >= 0.6 is 0 Å². The molecule has 160 valence electrons. The Morgan fingerprint density at radius 1 is 1.00 bits per heavy atom. The fourth-order valence-corrected chi connectivity index (χ4v) is 2.91. The number of aldehydes is 1. The highest BCUT2D eigenvalue weighted by Gasteiger charge is 2.25. The first-order valence-electron chi connectivity index (χ1n) is 9.88. The first-order valence-corrected chi connectivity index (χ1v) is 9.88. The van der Waals surface area contributed by atoms with Gasteiger partial charge in [-0.1, -0.05) is 56.3 Å². The van der Waals surface area contributed by atoms with Crippen molar-refractivity contribution in [1.82, 2.24) is 10.6 Å². The molecule has 0 bridgehead atoms. The molecule has 30 heavy (non-hydrogen) atoms. The predicted molar refractivity (Wildman–Crippen MR) is 113 cm³/mol. The molecule has 2 unspecified atom stereocenters. The quantitative estimate of drug-likeness (QED) is 0.521. The maximum atomic E-state index is 12.7. The normalized spacial score (nSPS) is 12.6. The fraction of sp³-hybridized carbons (Fsp3) is 0.348. The van der Waals surface area contributed by atoms with Crippen LogP contribution in [0, 0.1) is 5.92 Å². The summed E-state index contributed by atoms with van der Waals surface area (Å²) in [5.41, 5.74) is 1.63. The van der Waals surface area contributed by atoms with Gasteiger partial charge in [-0.3, -0.25) is 4.79 Å². The first-order chi connectivity index (χ1) is 14.4. The standard InChI is InChI=1S/C23H28N2O5/c1-16(2)12-21(25-23(29)30-15-18-6-4-3-5-7-18)22(28)24-19(14-26)13-17-8-10-20(27)11-9-17/h3-11,14,16,19,21,27H,12-13,15H2,1-2H3,(H,24,28)(H,25,29). The second kappa shape index (κ2) is 11.6. The van der Waals surface area contributed by atoms with Crippen LogP contribution in [0.1, 0.15) is 31.4 Å². The van der Waals surface area contributed by atoms with Gasteiger partial charge in [0.2, 0.25) is 5.91 Å². The van der Waals surface area contributed by atoms with E-state index in [0.717, 1.165) is 11.1 Å². The summed E-state index contributed by atoms with van der Waals surface area (Å²) >= 11 is 0. The molecule has 0 aromatic heterocycles. The minimum Gasteiger partial charge on any atom is -0.508 e. The lowest BCUT2D eigenvalue weighted by molar-refractivity contribution is -0.126. The van der Waals surface area contributed by atoms with Crippen LogP contribution in [0.3, 0.4) is 0 Å². The number of carbonyl (C=O) groups is 3. The molecule has 0 saturated heterocycles. The molecule has 0 saturated carbocycles. The topological polar surface area (TPSA) is 105 Å². The van der Waals surface area contributed by atoms with Crippen molar-refractivity contribution in [3.63, 3.8) is 0 Å². The second-order valence-corrected chi connectivity index (χ2v) is 7.51. The van der Waals surface area contributed by atoms with Crippen molar-refractivity contribution in [3.8, 4) is 5.75 Å². The molecule has 7 heteroatoms. The van der Waals surface area contributed by atoms with Crippen molar-refractivity contribution >= 4 is 18.3 Å². The van der Waals surface area contributed by atoms with Crippen LogP contribution in [0.2, 0.25) is 0 Å². The average Bonchev–Trinajstić information content (AvgIpc) is 2.73. The van der Waals surface area contributed by atoms with Gasteiger partial charge in [0, 0.05) is 0 Å². The molecule has 0 radical (unpaired) electrons. The number of amides is 2. The molecule has 0 heterocycles. The van der Waals surface area contributed by atoms with E-state index in [9.17, 15) is 19.5 Å². The van der Waals surface area contributed by atoms with E-state index < -0.39 is 24.1 Å². The van der Waals surface area contributed by atoms with Gasteiger partial charge in [0.1, 0.15) is 24.7 Å². The molecule has 0 aliphatic rings. The molecule has 7 nitrogen and oxygen atoms in total. The Kier molecular flexibility index (Phi) is 8.87. The van der Waals surface area contributed by atoms with Gasteiger partial charge < -0.3 is 25.3 Å². The molecule has 0 spiro atoms. The average molecular weight is 412 g/mol. The molecular weight excluding hydrogens is 384 g/mol. The summed E-state index contributed by atoms with van der Waals surface area (Å²) in [4.78, 5) is 36.4. The van der Waals surface area contributed by atoms with Gasteiger partial charge in [0.15, 0.2) is 0 Å². The van der Waals surface area contributed by atoms with Gasteiger partial charge in [-0.15, -0.1) is 0 Å². The zero-order valence-electron chi connectivity index (χ0n) is 17.2. The van der Waals surface area contributed by atoms with E-state index in [1.54, 1.807) is 12.1 Å². The summed E-state index contributed by atoms with van der Waals surface area (Å²) in [6.45, 7) is 3.97. The molecule has 2 aromatic rings. The zero-order valence-corrected chi connectivity index (χ0v) is 17.2. The Balaban J connectivity index is 1.94.